The fraction of sp³-hybridized carbons (Fsp3) is 0. The molecule has 1 aromatic carbocycles. The summed E-state index contributed by atoms with van der Waals surface area (Å²) in [6.45, 7) is 0. The smallest absolute Gasteiger partial charge is 0.150 e. The zero-order valence-electron chi connectivity index (χ0n) is 9.09. The number of rotatable bonds is 0. The second kappa shape index (κ2) is 3.60. The monoisotopic (exact) mass is 271 g/mol. The molecule has 5 heteroatoms. The van der Waals surface area contributed by atoms with Gasteiger partial charge in [0.1, 0.15) is 16.3 Å². The molecule has 0 aliphatic carbocycles. The van der Waals surface area contributed by atoms with Gasteiger partial charge in [-0.1, -0.05) is 29.8 Å². The highest BCUT2D eigenvalue weighted by Gasteiger charge is 2.11. The highest BCUT2D eigenvalue weighted by atomic mass is 35.5. The number of halogens is 1. The summed E-state index contributed by atoms with van der Waals surface area (Å²) in [5.74, 6) is 0. The van der Waals surface area contributed by atoms with Crippen molar-refractivity contribution in [1.82, 2.24) is 15.0 Å². The van der Waals surface area contributed by atoms with E-state index in [4.69, 9.17) is 11.6 Å². The third-order valence-corrected chi connectivity index (χ3v) is 4.40. The minimum Gasteiger partial charge on any atom is -0.237 e. The summed E-state index contributed by atoms with van der Waals surface area (Å²) >= 11 is 7.63. The van der Waals surface area contributed by atoms with E-state index in [2.05, 4.69) is 21.0 Å². The van der Waals surface area contributed by atoms with Crippen LogP contribution in [0.2, 0.25) is 5.15 Å². The van der Waals surface area contributed by atoms with Gasteiger partial charge in [-0.2, -0.15) is 0 Å². The molecule has 0 aliphatic rings. The van der Waals surface area contributed by atoms with E-state index in [-0.39, 0.29) is 0 Å². The van der Waals surface area contributed by atoms with E-state index in [0.717, 1.165) is 31.3 Å². The van der Waals surface area contributed by atoms with Crippen molar-refractivity contribution >= 4 is 54.3 Å². The Labute approximate surface area is 111 Å². The standard InChI is InChI=1S/C13H6ClN3S/c14-12-11-10(15-6-16-12)8-5-7-3-1-2-4-9(7)17-13(8)18-11/h1-6H. The van der Waals surface area contributed by atoms with Gasteiger partial charge in [-0.3, -0.25) is 0 Å². The van der Waals surface area contributed by atoms with E-state index >= 15 is 0 Å². The first-order chi connectivity index (χ1) is 8.83. The molecular formula is C13H6ClN3S. The van der Waals surface area contributed by atoms with Crippen LogP contribution < -0.4 is 0 Å². The zero-order chi connectivity index (χ0) is 12.1. The Kier molecular flexibility index (Phi) is 2.04. The second-order valence-electron chi connectivity index (χ2n) is 3.98. The molecule has 0 atom stereocenters. The van der Waals surface area contributed by atoms with Gasteiger partial charge in [0.05, 0.1) is 15.7 Å². The Balaban J connectivity index is 2.27. The molecular weight excluding hydrogens is 266 g/mol. The topological polar surface area (TPSA) is 38.7 Å². The zero-order valence-corrected chi connectivity index (χ0v) is 10.7. The number of nitrogens with zero attached hydrogens (tertiary/aromatic N) is 3. The van der Waals surface area contributed by atoms with E-state index in [1.54, 1.807) is 0 Å². The summed E-state index contributed by atoms with van der Waals surface area (Å²) < 4.78 is 0.900. The number of fused-ring (bicyclic) bond motifs is 4. The van der Waals surface area contributed by atoms with Crippen LogP contribution in [-0.2, 0) is 0 Å². The van der Waals surface area contributed by atoms with Crippen molar-refractivity contribution in [1.29, 1.82) is 0 Å². The maximum atomic E-state index is 6.09. The summed E-state index contributed by atoms with van der Waals surface area (Å²) in [4.78, 5) is 13.9. The summed E-state index contributed by atoms with van der Waals surface area (Å²) in [7, 11) is 0. The highest BCUT2D eigenvalue weighted by Crippen LogP contribution is 2.35. The van der Waals surface area contributed by atoms with Crippen molar-refractivity contribution in [2.45, 2.75) is 0 Å². The molecule has 0 N–H and O–H groups in total. The van der Waals surface area contributed by atoms with Crippen LogP contribution in [0, 0.1) is 0 Å². The first-order valence-electron chi connectivity index (χ1n) is 5.41. The van der Waals surface area contributed by atoms with E-state index < -0.39 is 0 Å². The summed E-state index contributed by atoms with van der Waals surface area (Å²) in [6.07, 6.45) is 1.49. The molecule has 4 rings (SSSR count). The Morgan fingerprint density at radius 3 is 2.94 bits per heavy atom. The second-order valence-corrected chi connectivity index (χ2v) is 5.34. The van der Waals surface area contributed by atoms with Crippen LogP contribution >= 0.6 is 22.9 Å². The minimum absolute atomic E-state index is 0.493. The van der Waals surface area contributed by atoms with Gasteiger partial charge in [0.15, 0.2) is 0 Å². The van der Waals surface area contributed by atoms with Crippen molar-refractivity contribution < 1.29 is 0 Å². The first kappa shape index (κ1) is 10.2. The van der Waals surface area contributed by atoms with E-state index in [9.17, 15) is 0 Å². The third kappa shape index (κ3) is 1.33. The SMILES string of the molecule is Clc1ncnc2c1sc1nc3ccccc3cc12. The van der Waals surface area contributed by atoms with Gasteiger partial charge in [-0.25, -0.2) is 15.0 Å². The Morgan fingerprint density at radius 2 is 2.00 bits per heavy atom. The van der Waals surface area contributed by atoms with Gasteiger partial charge in [0, 0.05) is 10.8 Å². The quantitative estimate of drug-likeness (QED) is 0.453. The van der Waals surface area contributed by atoms with Crippen molar-refractivity contribution in [3.63, 3.8) is 0 Å². The molecule has 86 valence electrons. The van der Waals surface area contributed by atoms with Gasteiger partial charge >= 0.3 is 0 Å². The van der Waals surface area contributed by atoms with Gasteiger partial charge in [-0.15, -0.1) is 11.3 Å². The number of para-hydroxylation sites is 1. The van der Waals surface area contributed by atoms with Crippen molar-refractivity contribution in [3.8, 4) is 0 Å². The van der Waals surface area contributed by atoms with Crippen LogP contribution in [0.5, 0.6) is 0 Å². The molecule has 0 aliphatic heterocycles. The molecule has 0 bridgehead atoms. The summed E-state index contributed by atoms with van der Waals surface area (Å²) in [6, 6.07) is 10.2. The number of benzene rings is 1. The minimum atomic E-state index is 0.493. The summed E-state index contributed by atoms with van der Waals surface area (Å²) in [5, 5.41) is 2.64. The van der Waals surface area contributed by atoms with Crippen LogP contribution in [0.3, 0.4) is 0 Å². The van der Waals surface area contributed by atoms with Crippen LogP contribution in [0.25, 0.3) is 31.3 Å². The lowest BCUT2D eigenvalue weighted by molar-refractivity contribution is 1.23. The lowest BCUT2D eigenvalue weighted by Gasteiger charge is -1.96. The molecule has 0 amide bonds. The molecule has 0 unspecified atom stereocenters. The largest absolute Gasteiger partial charge is 0.237 e. The Hall–Kier alpha value is -1.78. The summed E-state index contributed by atoms with van der Waals surface area (Å²) in [5.41, 5.74) is 1.87. The predicted octanol–water partition coefficient (Wildman–Crippen LogP) is 4.05. The lowest BCUT2D eigenvalue weighted by Crippen LogP contribution is -1.80. The van der Waals surface area contributed by atoms with Gasteiger partial charge < -0.3 is 0 Å². The number of pyridine rings is 1. The molecule has 0 spiro atoms. The van der Waals surface area contributed by atoms with Gasteiger partial charge in [0.25, 0.3) is 0 Å². The van der Waals surface area contributed by atoms with Crippen LogP contribution in [0.15, 0.2) is 36.7 Å². The average molecular weight is 272 g/mol. The molecule has 0 fully saturated rings. The van der Waals surface area contributed by atoms with Crippen LogP contribution in [-0.4, -0.2) is 15.0 Å². The van der Waals surface area contributed by atoms with Crippen molar-refractivity contribution in [3.05, 3.63) is 41.8 Å². The molecule has 4 aromatic rings. The van der Waals surface area contributed by atoms with Crippen molar-refractivity contribution in [2.24, 2.45) is 0 Å². The predicted molar refractivity (Wildman–Crippen MR) is 75.2 cm³/mol. The fourth-order valence-corrected chi connectivity index (χ4v) is 3.32. The third-order valence-electron chi connectivity index (χ3n) is 2.90. The highest BCUT2D eigenvalue weighted by molar-refractivity contribution is 7.26. The lowest BCUT2D eigenvalue weighted by atomic mass is 10.2. The molecule has 0 radical (unpaired) electrons. The van der Waals surface area contributed by atoms with Crippen LogP contribution in [0.4, 0.5) is 0 Å². The number of hydrogen-bond donors (Lipinski definition) is 0. The molecule has 0 saturated heterocycles. The Morgan fingerprint density at radius 1 is 1.11 bits per heavy atom. The van der Waals surface area contributed by atoms with E-state index in [0.29, 0.717) is 5.15 Å². The number of thiophene rings is 1. The molecule has 18 heavy (non-hydrogen) atoms. The molecule has 3 aromatic heterocycles. The maximum absolute atomic E-state index is 6.09. The molecule has 3 heterocycles. The molecule has 0 saturated carbocycles. The fourth-order valence-electron chi connectivity index (χ4n) is 2.08. The maximum Gasteiger partial charge on any atom is 0.150 e. The Bertz CT molecular complexity index is 901. The van der Waals surface area contributed by atoms with E-state index in [1.807, 2.05) is 24.3 Å². The van der Waals surface area contributed by atoms with Crippen LogP contribution in [0.1, 0.15) is 0 Å². The van der Waals surface area contributed by atoms with Crippen molar-refractivity contribution in [2.75, 3.05) is 0 Å². The average Bonchev–Trinajstić information content (AvgIpc) is 2.76. The van der Waals surface area contributed by atoms with Gasteiger partial charge in [0.2, 0.25) is 0 Å². The first-order valence-corrected chi connectivity index (χ1v) is 6.61. The number of hydrogen-bond acceptors (Lipinski definition) is 4. The molecule has 3 nitrogen and oxygen atoms in total. The number of aromatic nitrogens is 3. The van der Waals surface area contributed by atoms with Gasteiger partial charge in [-0.05, 0) is 12.1 Å². The normalized spacial score (nSPS) is 11.6. The van der Waals surface area contributed by atoms with E-state index in [1.165, 1.54) is 17.7 Å².